The van der Waals surface area contributed by atoms with Crippen molar-refractivity contribution in [3.63, 3.8) is 0 Å². The molecule has 0 aromatic heterocycles. The van der Waals surface area contributed by atoms with E-state index in [0.717, 1.165) is 24.7 Å². The van der Waals surface area contributed by atoms with E-state index in [1.54, 1.807) is 24.3 Å². The lowest BCUT2D eigenvalue weighted by Crippen LogP contribution is -2.30. The number of carbonyl (C=O) groups is 1. The molecule has 1 atom stereocenters. The predicted molar refractivity (Wildman–Crippen MR) is 99.4 cm³/mol. The third kappa shape index (κ3) is 4.32. The van der Waals surface area contributed by atoms with Crippen molar-refractivity contribution in [3.8, 4) is 0 Å². The second kappa shape index (κ2) is 7.06. The SMILES string of the molecule is CS(=O)(=O)Nc1cccc(C(=O)N2CCCC2c2ccc(Cl)cc2)c1. The molecule has 1 aliphatic heterocycles. The van der Waals surface area contributed by atoms with Gasteiger partial charge in [0.15, 0.2) is 0 Å². The van der Waals surface area contributed by atoms with Crippen LogP contribution in [0.2, 0.25) is 5.02 Å². The van der Waals surface area contributed by atoms with Crippen molar-refractivity contribution in [3.05, 3.63) is 64.7 Å². The average Bonchev–Trinajstić information content (AvgIpc) is 3.03. The molecule has 2 aromatic carbocycles. The molecule has 2 aromatic rings. The van der Waals surface area contributed by atoms with E-state index in [2.05, 4.69) is 4.72 Å². The van der Waals surface area contributed by atoms with E-state index in [0.29, 0.717) is 22.8 Å². The Morgan fingerprint density at radius 3 is 2.60 bits per heavy atom. The lowest BCUT2D eigenvalue weighted by molar-refractivity contribution is 0.0735. The summed E-state index contributed by atoms with van der Waals surface area (Å²) in [6.45, 7) is 0.676. The Morgan fingerprint density at radius 1 is 1.20 bits per heavy atom. The van der Waals surface area contributed by atoms with Crippen LogP contribution in [0.3, 0.4) is 0 Å². The highest BCUT2D eigenvalue weighted by Crippen LogP contribution is 2.33. The Bertz CT molecular complexity index is 881. The van der Waals surface area contributed by atoms with Gasteiger partial charge in [-0.2, -0.15) is 0 Å². The normalized spacial score (nSPS) is 17.5. The van der Waals surface area contributed by atoms with Gasteiger partial charge in [0.2, 0.25) is 10.0 Å². The molecule has 0 spiro atoms. The maximum atomic E-state index is 12.9. The summed E-state index contributed by atoms with van der Waals surface area (Å²) >= 11 is 5.95. The molecule has 7 heteroatoms. The zero-order chi connectivity index (χ0) is 18.0. The lowest BCUT2D eigenvalue weighted by atomic mass is 10.0. The van der Waals surface area contributed by atoms with Crippen LogP contribution in [0.1, 0.15) is 34.8 Å². The van der Waals surface area contributed by atoms with Gasteiger partial charge in [0.05, 0.1) is 12.3 Å². The molecule has 3 rings (SSSR count). The van der Waals surface area contributed by atoms with Crippen LogP contribution < -0.4 is 4.72 Å². The van der Waals surface area contributed by atoms with Gasteiger partial charge >= 0.3 is 0 Å². The number of sulfonamides is 1. The van der Waals surface area contributed by atoms with Gasteiger partial charge in [0, 0.05) is 22.8 Å². The molecule has 1 heterocycles. The van der Waals surface area contributed by atoms with Crippen molar-refractivity contribution in [2.45, 2.75) is 18.9 Å². The number of carbonyl (C=O) groups excluding carboxylic acids is 1. The Balaban J connectivity index is 1.84. The number of amides is 1. The molecule has 25 heavy (non-hydrogen) atoms. The van der Waals surface area contributed by atoms with Crippen LogP contribution in [-0.2, 0) is 10.0 Å². The summed E-state index contributed by atoms with van der Waals surface area (Å²) in [5.41, 5.74) is 1.91. The number of halogens is 1. The third-order valence-electron chi connectivity index (χ3n) is 4.18. The van der Waals surface area contributed by atoms with Crippen LogP contribution in [-0.4, -0.2) is 32.0 Å². The fraction of sp³-hybridized carbons (Fsp3) is 0.278. The monoisotopic (exact) mass is 378 g/mol. The minimum absolute atomic E-state index is 0.0105. The summed E-state index contributed by atoms with van der Waals surface area (Å²) in [4.78, 5) is 14.8. The molecule has 1 saturated heterocycles. The molecule has 1 N–H and O–H groups in total. The minimum Gasteiger partial charge on any atom is -0.332 e. The van der Waals surface area contributed by atoms with Gasteiger partial charge in [-0.15, -0.1) is 0 Å². The van der Waals surface area contributed by atoms with E-state index in [1.165, 1.54) is 0 Å². The zero-order valence-corrected chi connectivity index (χ0v) is 15.3. The number of nitrogens with zero attached hydrogens (tertiary/aromatic N) is 1. The third-order valence-corrected chi connectivity index (χ3v) is 5.04. The Labute approximate surface area is 152 Å². The highest BCUT2D eigenvalue weighted by molar-refractivity contribution is 7.92. The number of nitrogens with one attached hydrogen (secondary N) is 1. The fourth-order valence-electron chi connectivity index (χ4n) is 3.14. The summed E-state index contributed by atoms with van der Waals surface area (Å²) in [5, 5.41) is 0.666. The Hall–Kier alpha value is -2.05. The summed E-state index contributed by atoms with van der Waals surface area (Å²) < 4.78 is 25.2. The van der Waals surface area contributed by atoms with E-state index in [9.17, 15) is 13.2 Å². The number of hydrogen-bond acceptors (Lipinski definition) is 3. The molecule has 0 radical (unpaired) electrons. The van der Waals surface area contributed by atoms with Crippen LogP contribution in [0.5, 0.6) is 0 Å². The molecule has 5 nitrogen and oxygen atoms in total. The van der Waals surface area contributed by atoms with Crippen molar-refractivity contribution in [1.82, 2.24) is 4.90 Å². The number of rotatable bonds is 4. The fourth-order valence-corrected chi connectivity index (χ4v) is 3.82. The van der Waals surface area contributed by atoms with Gasteiger partial charge in [-0.1, -0.05) is 29.8 Å². The molecule has 0 saturated carbocycles. The maximum Gasteiger partial charge on any atom is 0.254 e. The molecular formula is C18H19ClN2O3S. The van der Waals surface area contributed by atoms with Gasteiger partial charge < -0.3 is 4.90 Å². The first-order chi connectivity index (χ1) is 11.8. The van der Waals surface area contributed by atoms with E-state index in [-0.39, 0.29) is 11.9 Å². The topological polar surface area (TPSA) is 66.5 Å². The smallest absolute Gasteiger partial charge is 0.254 e. The second-order valence-electron chi connectivity index (χ2n) is 6.16. The maximum absolute atomic E-state index is 12.9. The van der Waals surface area contributed by atoms with Crippen molar-refractivity contribution < 1.29 is 13.2 Å². The highest BCUT2D eigenvalue weighted by atomic mass is 35.5. The van der Waals surface area contributed by atoms with Crippen LogP contribution >= 0.6 is 11.6 Å². The van der Waals surface area contributed by atoms with Gasteiger partial charge in [0.1, 0.15) is 0 Å². The lowest BCUT2D eigenvalue weighted by Gasteiger charge is -2.25. The minimum atomic E-state index is -3.38. The first-order valence-corrected chi connectivity index (χ1v) is 10.2. The van der Waals surface area contributed by atoms with Crippen molar-refractivity contribution in [1.29, 1.82) is 0 Å². The summed E-state index contributed by atoms with van der Waals surface area (Å²) in [5.74, 6) is -0.102. The first kappa shape index (κ1) is 17.8. The van der Waals surface area contributed by atoms with Gasteiger partial charge in [-0.25, -0.2) is 8.42 Å². The van der Waals surface area contributed by atoms with Gasteiger partial charge in [-0.3, -0.25) is 9.52 Å². The van der Waals surface area contributed by atoms with Crippen LogP contribution in [0, 0.1) is 0 Å². The molecular weight excluding hydrogens is 360 g/mol. The molecule has 1 fully saturated rings. The predicted octanol–water partition coefficient (Wildman–Crippen LogP) is 3.69. The van der Waals surface area contributed by atoms with Crippen LogP contribution in [0.15, 0.2) is 48.5 Å². The molecule has 1 unspecified atom stereocenters. The van der Waals surface area contributed by atoms with E-state index in [4.69, 9.17) is 11.6 Å². The van der Waals surface area contributed by atoms with Gasteiger partial charge in [-0.05, 0) is 48.7 Å². The van der Waals surface area contributed by atoms with Crippen molar-refractivity contribution in [2.24, 2.45) is 0 Å². The summed E-state index contributed by atoms with van der Waals surface area (Å²) in [7, 11) is -3.38. The average molecular weight is 379 g/mol. The van der Waals surface area contributed by atoms with E-state index >= 15 is 0 Å². The number of benzene rings is 2. The van der Waals surface area contributed by atoms with Gasteiger partial charge in [0.25, 0.3) is 5.91 Å². The largest absolute Gasteiger partial charge is 0.332 e. The molecule has 132 valence electrons. The van der Waals surface area contributed by atoms with E-state index < -0.39 is 10.0 Å². The molecule has 1 amide bonds. The first-order valence-electron chi connectivity index (χ1n) is 7.98. The van der Waals surface area contributed by atoms with Crippen molar-refractivity contribution >= 4 is 33.2 Å². The van der Waals surface area contributed by atoms with Crippen LogP contribution in [0.25, 0.3) is 0 Å². The molecule has 0 bridgehead atoms. The standard InChI is InChI=1S/C18H19ClN2O3S/c1-25(23,24)20-16-5-2-4-14(12-16)18(22)21-11-3-6-17(21)13-7-9-15(19)10-8-13/h2,4-5,7-10,12,17,20H,3,6,11H2,1H3. The Kier molecular flexibility index (Phi) is 5.01. The summed E-state index contributed by atoms with van der Waals surface area (Å²) in [6, 6.07) is 14.1. The van der Waals surface area contributed by atoms with E-state index in [1.807, 2.05) is 29.2 Å². The number of hydrogen-bond donors (Lipinski definition) is 1. The highest BCUT2D eigenvalue weighted by Gasteiger charge is 2.30. The second-order valence-corrected chi connectivity index (χ2v) is 8.35. The molecule has 0 aliphatic carbocycles. The molecule has 1 aliphatic rings. The van der Waals surface area contributed by atoms with Crippen LogP contribution in [0.4, 0.5) is 5.69 Å². The number of anilines is 1. The summed E-state index contributed by atoms with van der Waals surface area (Å²) in [6.07, 6.45) is 2.91. The Morgan fingerprint density at radius 2 is 1.92 bits per heavy atom. The quantitative estimate of drug-likeness (QED) is 0.882. The van der Waals surface area contributed by atoms with Crippen molar-refractivity contribution in [2.75, 3.05) is 17.5 Å². The zero-order valence-electron chi connectivity index (χ0n) is 13.8. The number of likely N-dealkylation sites (tertiary alicyclic amines) is 1.